The molecule has 0 saturated heterocycles. The summed E-state index contributed by atoms with van der Waals surface area (Å²) >= 11 is 0. The molecule has 0 bridgehead atoms. The molecule has 0 fully saturated rings. The van der Waals surface area contributed by atoms with Crippen LogP contribution < -0.4 is 5.32 Å². The number of ether oxygens (including phenoxy) is 1. The Morgan fingerprint density at radius 3 is 2.17 bits per heavy atom. The largest absolute Gasteiger partial charge is 0.382 e. The van der Waals surface area contributed by atoms with E-state index >= 15 is 0 Å². The molecule has 0 rings (SSSR count). The summed E-state index contributed by atoms with van der Waals surface area (Å²) in [5.74, 6) is 1.46. The van der Waals surface area contributed by atoms with Crippen LogP contribution >= 0.6 is 0 Å². The van der Waals surface area contributed by atoms with Gasteiger partial charge in [-0.05, 0) is 38.8 Å². The molecule has 0 aliphatic heterocycles. The van der Waals surface area contributed by atoms with Crippen LogP contribution in [0.2, 0.25) is 0 Å². The van der Waals surface area contributed by atoms with Gasteiger partial charge in [0.25, 0.3) is 0 Å². The van der Waals surface area contributed by atoms with Crippen molar-refractivity contribution in [2.45, 2.75) is 33.3 Å². The van der Waals surface area contributed by atoms with Crippen LogP contribution in [0.4, 0.5) is 0 Å². The van der Waals surface area contributed by atoms with Gasteiger partial charge in [0.05, 0.1) is 6.10 Å². The lowest BCUT2D eigenvalue weighted by molar-refractivity contribution is 0.0868. The quantitative estimate of drug-likeness (QED) is 0.662. The van der Waals surface area contributed by atoms with E-state index in [9.17, 15) is 0 Å². The van der Waals surface area contributed by atoms with Gasteiger partial charge in [0.15, 0.2) is 0 Å². The Morgan fingerprint density at radius 2 is 1.83 bits per heavy atom. The smallest absolute Gasteiger partial charge is 0.0546 e. The lowest BCUT2D eigenvalue weighted by Crippen LogP contribution is -2.26. The maximum atomic E-state index is 5.25. The Bertz CT molecular complexity index is 104. The van der Waals surface area contributed by atoms with E-state index < -0.39 is 0 Å². The fourth-order valence-corrected chi connectivity index (χ4v) is 1.38. The van der Waals surface area contributed by atoms with E-state index in [1.54, 1.807) is 7.11 Å². The van der Waals surface area contributed by atoms with Gasteiger partial charge in [0, 0.05) is 7.11 Å². The fraction of sp³-hybridized carbons (Fsp3) is 1.00. The second-order valence-electron chi connectivity index (χ2n) is 3.84. The van der Waals surface area contributed by atoms with E-state index in [0.29, 0.717) is 6.10 Å². The average molecular weight is 173 g/mol. The number of hydrogen-bond donors (Lipinski definition) is 1. The number of methoxy groups -OCH3 is 1. The van der Waals surface area contributed by atoms with Crippen LogP contribution in [0.25, 0.3) is 0 Å². The van der Waals surface area contributed by atoms with E-state index in [0.717, 1.165) is 24.8 Å². The highest BCUT2D eigenvalue weighted by Gasteiger charge is 2.15. The predicted octanol–water partition coefficient (Wildman–Crippen LogP) is 1.90. The SMILES string of the molecule is CNCC(CC(C)OC)C(C)C. The number of rotatable bonds is 6. The lowest BCUT2D eigenvalue weighted by Gasteiger charge is -2.23. The zero-order valence-corrected chi connectivity index (χ0v) is 9.05. The third-order valence-electron chi connectivity index (χ3n) is 2.45. The van der Waals surface area contributed by atoms with Gasteiger partial charge in [0.2, 0.25) is 0 Å². The van der Waals surface area contributed by atoms with Gasteiger partial charge in [-0.15, -0.1) is 0 Å². The van der Waals surface area contributed by atoms with Gasteiger partial charge in [-0.3, -0.25) is 0 Å². The highest BCUT2D eigenvalue weighted by Crippen LogP contribution is 2.17. The molecule has 2 atom stereocenters. The Labute approximate surface area is 76.7 Å². The van der Waals surface area contributed by atoms with Gasteiger partial charge >= 0.3 is 0 Å². The molecule has 74 valence electrons. The molecule has 0 aromatic rings. The Balaban J connectivity index is 3.77. The molecule has 0 radical (unpaired) electrons. The second kappa shape index (κ2) is 6.44. The van der Waals surface area contributed by atoms with Crippen LogP contribution in [-0.4, -0.2) is 26.8 Å². The van der Waals surface area contributed by atoms with Crippen molar-refractivity contribution in [1.29, 1.82) is 0 Å². The van der Waals surface area contributed by atoms with Gasteiger partial charge in [0.1, 0.15) is 0 Å². The second-order valence-corrected chi connectivity index (χ2v) is 3.84. The first-order chi connectivity index (χ1) is 5.61. The lowest BCUT2D eigenvalue weighted by atomic mass is 9.90. The van der Waals surface area contributed by atoms with Crippen LogP contribution in [0, 0.1) is 11.8 Å². The van der Waals surface area contributed by atoms with Gasteiger partial charge in [-0.1, -0.05) is 13.8 Å². The van der Waals surface area contributed by atoms with Crippen LogP contribution in [0.5, 0.6) is 0 Å². The molecule has 2 heteroatoms. The summed E-state index contributed by atoms with van der Waals surface area (Å²) in [4.78, 5) is 0. The van der Waals surface area contributed by atoms with Crippen molar-refractivity contribution >= 4 is 0 Å². The summed E-state index contributed by atoms with van der Waals surface area (Å²) < 4.78 is 5.25. The van der Waals surface area contributed by atoms with Crippen LogP contribution in [0.15, 0.2) is 0 Å². The van der Waals surface area contributed by atoms with Gasteiger partial charge in [-0.25, -0.2) is 0 Å². The number of hydrogen-bond acceptors (Lipinski definition) is 2. The summed E-state index contributed by atoms with van der Waals surface area (Å²) in [7, 11) is 3.79. The minimum Gasteiger partial charge on any atom is -0.382 e. The van der Waals surface area contributed by atoms with Crippen LogP contribution in [-0.2, 0) is 4.74 Å². The summed E-state index contributed by atoms with van der Waals surface area (Å²) in [6.07, 6.45) is 1.53. The van der Waals surface area contributed by atoms with Crippen molar-refractivity contribution in [3.8, 4) is 0 Å². The highest BCUT2D eigenvalue weighted by molar-refractivity contribution is 4.68. The first-order valence-corrected chi connectivity index (χ1v) is 4.79. The van der Waals surface area contributed by atoms with E-state index in [1.165, 1.54) is 0 Å². The molecule has 12 heavy (non-hydrogen) atoms. The number of nitrogens with one attached hydrogen (secondary N) is 1. The first-order valence-electron chi connectivity index (χ1n) is 4.79. The monoisotopic (exact) mass is 173 g/mol. The van der Waals surface area contributed by atoms with Crippen molar-refractivity contribution in [1.82, 2.24) is 5.32 Å². The summed E-state index contributed by atoms with van der Waals surface area (Å²) in [5, 5.41) is 3.22. The van der Waals surface area contributed by atoms with E-state index in [2.05, 4.69) is 26.1 Å². The predicted molar refractivity (Wildman–Crippen MR) is 53.3 cm³/mol. The van der Waals surface area contributed by atoms with Crippen LogP contribution in [0.1, 0.15) is 27.2 Å². The Hall–Kier alpha value is -0.0800. The van der Waals surface area contributed by atoms with Gasteiger partial charge in [-0.2, -0.15) is 0 Å². The normalized spacial score (nSPS) is 16.5. The highest BCUT2D eigenvalue weighted by atomic mass is 16.5. The summed E-state index contributed by atoms with van der Waals surface area (Å²) in [6, 6.07) is 0. The summed E-state index contributed by atoms with van der Waals surface area (Å²) in [6.45, 7) is 7.76. The van der Waals surface area contributed by atoms with Crippen molar-refractivity contribution in [3.63, 3.8) is 0 Å². The molecule has 1 N–H and O–H groups in total. The van der Waals surface area contributed by atoms with Crippen molar-refractivity contribution in [2.75, 3.05) is 20.7 Å². The Kier molecular flexibility index (Phi) is 6.39. The van der Waals surface area contributed by atoms with Crippen molar-refractivity contribution < 1.29 is 4.74 Å². The molecule has 0 aliphatic rings. The Morgan fingerprint density at radius 1 is 1.25 bits per heavy atom. The minimum atomic E-state index is 0.380. The topological polar surface area (TPSA) is 21.3 Å². The molecule has 0 spiro atoms. The molecule has 0 saturated carbocycles. The molecule has 0 aromatic carbocycles. The van der Waals surface area contributed by atoms with Crippen LogP contribution in [0.3, 0.4) is 0 Å². The standard InChI is InChI=1S/C10H23NO/c1-8(2)10(7-11-4)6-9(3)12-5/h8-11H,6-7H2,1-5H3. The maximum absolute atomic E-state index is 5.25. The van der Waals surface area contributed by atoms with E-state index in [-0.39, 0.29) is 0 Å². The first kappa shape index (κ1) is 11.9. The molecular weight excluding hydrogens is 150 g/mol. The fourth-order valence-electron chi connectivity index (χ4n) is 1.38. The molecule has 0 aliphatic carbocycles. The molecular formula is C10H23NO. The summed E-state index contributed by atoms with van der Waals surface area (Å²) in [5.41, 5.74) is 0. The van der Waals surface area contributed by atoms with Crippen molar-refractivity contribution in [2.24, 2.45) is 11.8 Å². The van der Waals surface area contributed by atoms with Crippen molar-refractivity contribution in [3.05, 3.63) is 0 Å². The minimum absolute atomic E-state index is 0.380. The zero-order chi connectivity index (χ0) is 9.56. The third-order valence-corrected chi connectivity index (χ3v) is 2.45. The van der Waals surface area contributed by atoms with Gasteiger partial charge < -0.3 is 10.1 Å². The maximum Gasteiger partial charge on any atom is 0.0546 e. The third kappa shape index (κ3) is 4.73. The molecule has 2 nitrogen and oxygen atoms in total. The average Bonchev–Trinajstić information content (AvgIpc) is 2.03. The van der Waals surface area contributed by atoms with E-state index in [4.69, 9.17) is 4.74 Å². The zero-order valence-electron chi connectivity index (χ0n) is 9.05. The molecule has 0 aromatic heterocycles. The molecule has 0 amide bonds. The molecule has 0 heterocycles. The van der Waals surface area contributed by atoms with E-state index in [1.807, 2.05) is 7.05 Å². The molecule has 2 unspecified atom stereocenters.